The summed E-state index contributed by atoms with van der Waals surface area (Å²) in [5.74, 6) is 0.477. The molecule has 33 heavy (non-hydrogen) atoms. The predicted molar refractivity (Wildman–Crippen MR) is 126 cm³/mol. The Labute approximate surface area is 195 Å². The van der Waals surface area contributed by atoms with Crippen LogP contribution in [0.15, 0.2) is 42.5 Å². The number of fused-ring (bicyclic) bond motifs is 2. The van der Waals surface area contributed by atoms with Gasteiger partial charge in [-0.15, -0.1) is 0 Å². The van der Waals surface area contributed by atoms with Crippen LogP contribution in [0.2, 0.25) is 0 Å². The van der Waals surface area contributed by atoms with Gasteiger partial charge < -0.3 is 9.47 Å². The van der Waals surface area contributed by atoms with Crippen molar-refractivity contribution in [2.75, 3.05) is 14.2 Å². The summed E-state index contributed by atoms with van der Waals surface area (Å²) in [6, 6.07) is 15.7. The van der Waals surface area contributed by atoms with Crippen molar-refractivity contribution in [2.45, 2.75) is 26.2 Å². The second kappa shape index (κ2) is 7.71. The third-order valence-corrected chi connectivity index (χ3v) is 7.14. The van der Waals surface area contributed by atoms with E-state index in [2.05, 4.69) is 6.07 Å². The number of rotatable bonds is 4. The zero-order chi connectivity index (χ0) is 23.3. The molecule has 0 aliphatic heterocycles. The highest BCUT2D eigenvalue weighted by Gasteiger charge is 2.46. The molecule has 0 amide bonds. The lowest BCUT2D eigenvalue weighted by Crippen LogP contribution is -2.32. The molecule has 1 aliphatic rings. The number of nitriles is 1. The fraction of sp³-hybridized carbons (Fsp3) is 0.280. The van der Waals surface area contributed by atoms with Crippen LogP contribution in [0.3, 0.4) is 0 Å². The number of para-hydroxylation sites is 1. The number of ether oxygens (including phenoxy) is 2. The summed E-state index contributed by atoms with van der Waals surface area (Å²) in [4.78, 5) is 18.3. The Hall–Kier alpha value is -3.70. The molecule has 0 saturated heterocycles. The Morgan fingerprint density at radius 2 is 1.79 bits per heavy atom. The summed E-state index contributed by atoms with van der Waals surface area (Å²) in [5.41, 5.74) is 2.33. The molecule has 1 unspecified atom stereocenters. The first-order valence-corrected chi connectivity index (χ1v) is 11.3. The highest BCUT2D eigenvalue weighted by atomic mass is 32.1. The van der Waals surface area contributed by atoms with Crippen molar-refractivity contribution in [3.05, 3.63) is 53.7 Å². The molecule has 0 spiro atoms. The maximum absolute atomic E-state index is 13.5. The minimum Gasteiger partial charge on any atom is -0.496 e. The van der Waals surface area contributed by atoms with Crippen LogP contribution < -0.4 is 9.47 Å². The molecule has 4 aromatic rings. The van der Waals surface area contributed by atoms with Crippen LogP contribution in [0.4, 0.5) is 0 Å². The molecule has 2 aromatic carbocycles. The van der Waals surface area contributed by atoms with Crippen LogP contribution in [-0.4, -0.2) is 34.8 Å². The minimum absolute atomic E-state index is 0.0585. The van der Waals surface area contributed by atoms with Crippen LogP contribution in [0, 0.1) is 16.7 Å². The molecule has 2 heterocycles. The van der Waals surface area contributed by atoms with Crippen molar-refractivity contribution < 1.29 is 14.3 Å². The van der Waals surface area contributed by atoms with Gasteiger partial charge in [-0.2, -0.15) is 10.4 Å². The lowest BCUT2D eigenvalue weighted by atomic mass is 9.68. The molecule has 8 heteroatoms. The van der Waals surface area contributed by atoms with Gasteiger partial charge in [0.2, 0.25) is 5.13 Å². The van der Waals surface area contributed by atoms with Gasteiger partial charge in [0.25, 0.3) is 0 Å². The van der Waals surface area contributed by atoms with Crippen molar-refractivity contribution in [3.8, 4) is 34.0 Å². The molecule has 166 valence electrons. The summed E-state index contributed by atoms with van der Waals surface area (Å²) in [6.07, 6.45) is 0.244. The average molecular weight is 459 g/mol. The Kier molecular flexibility index (Phi) is 4.94. The number of aromatic nitrogens is 3. The average Bonchev–Trinajstić information content (AvgIpc) is 3.40. The fourth-order valence-corrected chi connectivity index (χ4v) is 5.47. The molecular formula is C25H22N4O3S. The van der Waals surface area contributed by atoms with E-state index in [1.54, 1.807) is 31.0 Å². The molecule has 0 fully saturated rings. The van der Waals surface area contributed by atoms with E-state index >= 15 is 0 Å². The summed E-state index contributed by atoms with van der Waals surface area (Å²) in [5, 5.41) is 15.7. The Morgan fingerprint density at radius 3 is 2.42 bits per heavy atom. The molecule has 1 atom stereocenters. The van der Waals surface area contributed by atoms with Gasteiger partial charge in [0.05, 0.1) is 53.2 Å². The molecule has 5 rings (SSSR count). The summed E-state index contributed by atoms with van der Waals surface area (Å²) in [6.45, 7) is 3.89. The molecule has 0 N–H and O–H groups in total. The number of thiazole rings is 1. The Morgan fingerprint density at radius 1 is 1.09 bits per heavy atom. The van der Waals surface area contributed by atoms with E-state index in [9.17, 15) is 10.1 Å². The predicted octanol–water partition coefficient (Wildman–Crippen LogP) is 5.39. The standard InChI is InChI=1S/C25H22N4O3S/c1-25(2)12-16(30)20-22(21-17(31-3)9-7-10-18(21)32-4)28-29(23(20)14(25)13-26)24-27-15-8-5-6-11-19(15)33-24/h5-11,14H,12H2,1-4H3. The number of nitrogens with zero attached hydrogens (tertiary/aromatic N) is 4. The summed E-state index contributed by atoms with van der Waals surface area (Å²) >= 11 is 1.47. The van der Waals surface area contributed by atoms with Gasteiger partial charge in [-0.25, -0.2) is 9.67 Å². The molecule has 1 aliphatic carbocycles. The van der Waals surface area contributed by atoms with E-state index < -0.39 is 11.3 Å². The lowest BCUT2D eigenvalue weighted by molar-refractivity contribution is 0.0900. The van der Waals surface area contributed by atoms with Gasteiger partial charge in [0, 0.05) is 6.42 Å². The summed E-state index contributed by atoms with van der Waals surface area (Å²) in [7, 11) is 3.14. The first kappa shape index (κ1) is 21.2. The first-order chi connectivity index (χ1) is 15.9. The maximum Gasteiger partial charge on any atom is 0.211 e. The van der Waals surface area contributed by atoms with Gasteiger partial charge >= 0.3 is 0 Å². The second-order valence-electron chi connectivity index (χ2n) is 8.67. The lowest BCUT2D eigenvalue weighted by Gasteiger charge is -2.33. The number of benzene rings is 2. The van der Waals surface area contributed by atoms with E-state index in [1.807, 2.05) is 44.2 Å². The Balaban J connectivity index is 1.88. The maximum atomic E-state index is 13.5. The number of carbonyl (C=O) groups excluding carboxylic acids is 1. The molecule has 0 saturated carbocycles. The number of hydrogen-bond donors (Lipinski definition) is 0. The molecule has 0 radical (unpaired) electrons. The first-order valence-electron chi connectivity index (χ1n) is 10.5. The highest BCUT2D eigenvalue weighted by molar-refractivity contribution is 7.20. The monoisotopic (exact) mass is 458 g/mol. The second-order valence-corrected chi connectivity index (χ2v) is 9.68. The van der Waals surface area contributed by atoms with Crippen molar-refractivity contribution in [2.24, 2.45) is 5.41 Å². The minimum atomic E-state index is -0.546. The number of ketones is 1. The van der Waals surface area contributed by atoms with Crippen LogP contribution in [0.25, 0.3) is 26.6 Å². The van der Waals surface area contributed by atoms with Gasteiger partial charge in [-0.1, -0.05) is 43.4 Å². The SMILES string of the molecule is COc1cccc(OC)c1-c1nn(-c2nc3ccccc3s2)c2c1C(=O)CC(C)(C)C2C#N. The van der Waals surface area contributed by atoms with E-state index in [-0.39, 0.29) is 12.2 Å². The van der Waals surface area contributed by atoms with Crippen LogP contribution in [0.5, 0.6) is 11.5 Å². The van der Waals surface area contributed by atoms with Crippen molar-refractivity contribution in [3.63, 3.8) is 0 Å². The van der Waals surface area contributed by atoms with Crippen molar-refractivity contribution in [1.82, 2.24) is 14.8 Å². The zero-order valence-electron chi connectivity index (χ0n) is 18.7. The van der Waals surface area contributed by atoms with E-state index in [0.717, 1.165) is 10.2 Å². The quantitative estimate of drug-likeness (QED) is 0.407. The zero-order valence-corrected chi connectivity index (χ0v) is 19.6. The molecule has 2 aromatic heterocycles. The number of methoxy groups -OCH3 is 2. The molecular weight excluding hydrogens is 436 g/mol. The number of hydrogen-bond acceptors (Lipinski definition) is 7. The van der Waals surface area contributed by atoms with Crippen LogP contribution >= 0.6 is 11.3 Å². The Bertz CT molecular complexity index is 1390. The third-order valence-electron chi connectivity index (χ3n) is 6.13. The topological polar surface area (TPSA) is 90.0 Å². The fourth-order valence-electron chi connectivity index (χ4n) is 4.54. The smallest absolute Gasteiger partial charge is 0.211 e. The number of carbonyl (C=O) groups is 1. The molecule has 7 nitrogen and oxygen atoms in total. The number of Topliss-reactive ketones (excluding diaryl/α,β-unsaturated/α-hetero) is 1. The normalized spacial score (nSPS) is 16.9. The van der Waals surface area contributed by atoms with E-state index in [0.29, 0.717) is 39.1 Å². The largest absolute Gasteiger partial charge is 0.496 e. The molecule has 0 bridgehead atoms. The van der Waals surface area contributed by atoms with Gasteiger partial charge in [0.15, 0.2) is 5.78 Å². The summed E-state index contributed by atoms with van der Waals surface area (Å²) < 4.78 is 13.9. The van der Waals surface area contributed by atoms with Gasteiger partial charge in [-0.3, -0.25) is 4.79 Å². The van der Waals surface area contributed by atoms with Crippen molar-refractivity contribution in [1.29, 1.82) is 5.26 Å². The van der Waals surface area contributed by atoms with E-state index in [4.69, 9.17) is 19.6 Å². The van der Waals surface area contributed by atoms with Crippen LogP contribution in [0.1, 0.15) is 42.2 Å². The van der Waals surface area contributed by atoms with E-state index in [1.165, 1.54) is 11.3 Å². The van der Waals surface area contributed by atoms with Gasteiger partial charge in [0.1, 0.15) is 17.2 Å². The van der Waals surface area contributed by atoms with Crippen molar-refractivity contribution >= 4 is 27.3 Å². The third kappa shape index (κ3) is 3.19. The van der Waals surface area contributed by atoms with Crippen LogP contribution in [-0.2, 0) is 0 Å². The highest BCUT2D eigenvalue weighted by Crippen LogP contribution is 2.50. The van der Waals surface area contributed by atoms with Gasteiger partial charge in [-0.05, 0) is 29.7 Å².